The number of anilines is 1. The minimum absolute atomic E-state index is 0.0474. The summed E-state index contributed by atoms with van der Waals surface area (Å²) in [5.41, 5.74) is 1.90. The molecule has 0 aliphatic heterocycles. The number of hydrogen-bond donors (Lipinski definition) is 1. The fraction of sp³-hybridized carbons (Fsp3) is 0.133. The summed E-state index contributed by atoms with van der Waals surface area (Å²) in [6.07, 6.45) is 0. The Morgan fingerprint density at radius 2 is 1.95 bits per heavy atom. The van der Waals surface area contributed by atoms with Gasteiger partial charge in [-0.05, 0) is 37.3 Å². The highest BCUT2D eigenvalue weighted by Gasteiger charge is 2.03. The molecule has 0 saturated carbocycles. The molecule has 0 spiro atoms. The van der Waals surface area contributed by atoms with Crippen LogP contribution in [-0.2, 0) is 4.79 Å². The summed E-state index contributed by atoms with van der Waals surface area (Å²) in [6.45, 7) is 1.95. The SMILES string of the molecule is Cc1ccc(NC(=O)COc2cccc(Cl)c2)cc1. The van der Waals surface area contributed by atoms with E-state index in [-0.39, 0.29) is 12.5 Å². The van der Waals surface area contributed by atoms with Crippen LogP contribution in [0, 0.1) is 6.92 Å². The van der Waals surface area contributed by atoms with Gasteiger partial charge in [-0.1, -0.05) is 35.4 Å². The lowest BCUT2D eigenvalue weighted by Gasteiger charge is -2.08. The average Bonchev–Trinajstić information content (AvgIpc) is 2.39. The summed E-state index contributed by atoms with van der Waals surface area (Å²) >= 11 is 5.82. The van der Waals surface area contributed by atoms with E-state index in [0.717, 1.165) is 11.3 Å². The number of carbonyl (C=O) groups is 1. The third-order valence-corrected chi connectivity index (χ3v) is 2.74. The Morgan fingerprint density at radius 3 is 2.63 bits per heavy atom. The topological polar surface area (TPSA) is 38.3 Å². The van der Waals surface area contributed by atoms with Gasteiger partial charge in [-0.3, -0.25) is 4.79 Å². The predicted molar refractivity (Wildman–Crippen MR) is 76.8 cm³/mol. The van der Waals surface area contributed by atoms with Crippen molar-refractivity contribution in [3.8, 4) is 5.75 Å². The lowest BCUT2D eigenvalue weighted by Crippen LogP contribution is -2.20. The van der Waals surface area contributed by atoms with Gasteiger partial charge in [-0.2, -0.15) is 0 Å². The van der Waals surface area contributed by atoms with Crippen LogP contribution in [0.25, 0.3) is 0 Å². The van der Waals surface area contributed by atoms with Gasteiger partial charge in [0.25, 0.3) is 5.91 Å². The first-order valence-electron chi connectivity index (χ1n) is 5.88. The number of nitrogens with one attached hydrogen (secondary N) is 1. The van der Waals surface area contributed by atoms with Crippen LogP contribution in [0.5, 0.6) is 5.75 Å². The van der Waals surface area contributed by atoms with Crippen LogP contribution in [0.1, 0.15) is 5.56 Å². The zero-order valence-corrected chi connectivity index (χ0v) is 11.3. The highest BCUT2D eigenvalue weighted by molar-refractivity contribution is 6.30. The fourth-order valence-corrected chi connectivity index (χ4v) is 1.72. The normalized spacial score (nSPS) is 10.0. The Labute approximate surface area is 117 Å². The lowest BCUT2D eigenvalue weighted by molar-refractivity contribution is -0.118. The molecule has 1 amide bonds. The van der Waals surface area contributed by atoms with Crippen molar-refractivity contribution in [1.29, 1.82) is 0 Å². The third kappa shape index (κ3) is 4.30. The van der Waals surface area contributed by atoms with Crippen LogP contribution < -0.4 is 10.1 Å². The van der Waals surface area contributed by atoms with Crippen molar-refractivity contribution in [2.75, 3.05) is 11.9 Å². The minimum Gasteiger partial charge on any atom is -0.484 e. The number of carbonyl (C=O) groups excluding carboxylic acids is 1. The molecule has 0 radical (unpaired) electrons. The van der Waals surface area contributed by atoms with Crippen LogP contribution in [-0.4, -0.2) is 12.5 Å². The summed E-state index contributed by atoms with van der Waals surface area (Å²) in [7, 11) is 0. The van der Waals surface area contributed by atoms with E-state index in [0.29, 0.717) is 10.8 Å². The van der Waals surface area contributed by atoms with Crippen LogP contribution in [0.2, 0.25) is 5.02 Å². The van der Waals surface area contributed by atoms with Crippen molar-refractivity contribution in [3.63, 3.8) is 0 Å². The van der Waals surface area contributed by atoms with Gasteiger partial charge >= 0.3 is 0 Å². The zero-order valence-electron chi connectivity index (χ0n) is 10.5. The number of amides is 1. The summed E-state index contributed by atoms with van der Waals surface area (Å²) in [4.78, 5) is 11.7. The summed E-state index contributed by atoms with van der Waals surface area (Å²) in [5.74, 6) is 0.371. The van der Waals surface area contributed by atoms with Crippen molar-refractivity contribution < 1.29 is 9.53 Å². The predicted octanol–water partition coefficient (Wildman–Crippen LogP) is 3.67. The second-order valence-electron chi connectivity index (χ2n) is 4.16. The van der Waals surface area contributed by atoms with Crippen molar-refractivity contribution in [3.05, 3.63) is 59.1 Å². The molecule has 0 aliphatic carbocycles. The highest BCUT2D eigenvalue weighted by Crippen LogP contribution is 2.17. The van der Waals surface area contributed by atoms with Gasteiger partial charge in [-0.15, -0.1) is 0 Å². The van der Waals surface area contributed by atoms with E-state index in [1.165, 1.54) is 0 Å². The number of rotatable bonds is 4. The van der Waals surface area contributed by atoms with E-state index in [1.54, 1.807) is 24.3 Å². The summed E-state index contributed by atoms with van der Waals surface area (Å²) in [6, 6.07) is 14.5. The van der Waals surface area contributed by atoms with E-state index in [2.05, 4.69) is 5.32 Å². The molecule has 2 rings (SSSR count). The van der Waals surface area contributed by atoms with Crippen molar-refractivity contribution >= 4 is 23.2 Å². The largest absolute Gasteiger partial charge is 0.484 e. The number of benzene rings is 2. The van der Waals surface area contributed by atoms with Gasteiger partial charge in [0, 0.05) is 10.7 Å². The average molecular weight is 276 g/mol. The van der Waals surface area contributed by atoms with E-state index >= 15 is 0 Å². The molecule has 2 aromatic rings. The molecule has 2 aromatic carbocycles. The van der Waals surface area contributed by atoms with Gasteiger partial charge in [0.05, 0.1) is 0 Å². The molecule has 4 heteroatoms. The lowest BCUT2D eigenvalue weighted by atomic mass is 10.2. The molecule has 0 atom stereocenters. The summed E-state index contributed by atoms with van der Waals surface area (Å²) in [5, 5.41) is 3.34. The molecule has 3 nitrogen and oxygen atoms in total. The number of halogens is 1. The van der Waals surface area contributed by atoms with E-state index < -0.39 is 0 Å². The quantitative estimate of drug-likeness (QED) is 0.925. The van der Waals surface area contributed by atoms with Gasteiger partial charge in [0.1, 0.15) is 5.75 Å². The van der Waals surface area contributed by atoms with Gasteiger partial charge in [0.2, 0.25) is 0 Å². The van der Waals surface area contributed by atoms with Crippen LogP contribution in [0.15, 0.2) is 48.5 Å². The van der Waals surface area contributed by atoms with Crippen LogP contribution >= 0.6 is 11.6 Å². The molecular weight excluding hydrogens is 262 g/mol. The Morgan fingerprint density at radius 1 is 1.21 bits per heavy atom. The maximum Gasteiger partial charge on any atom is 0.262 e. The molecule has 0 heterocycles. The standard InChI is InChI=1S/C15H14ClNO2/c1-11-5-7-13(8-6-11)17-15(18)10-19-14-4-2-3-12(16)9-14/h2-9H,10H2,1H3,(H,17,18). The molecule has 0 unspecified atom stereocenters. The molecule has 0 bridgehead atoms. The highest BCUT2D eigenvalue weighted by atomic mass is 35.5. The molecule has 98 valence electrons. The number of aryl methyl sites for hydroxylation is 1. The molecule has 19 heavy (non-hydrogen) atoms. The van der Waals surface area contributed by atoms with E-state index in [1.807, 2.05) is 31.2 Å². The maximum atomic E-state index is 11.7. The first kappa shape index (κ1) is 13.4. The molecule has 0 saturated heterocycles. The maximum absolute atomic E-state index is 11.7. The van der Waals surface area contributed by atoms with Gasteiger partial charge < -0.3 is 10.1 Å². The first-order valence-corrected chi connectivity index (χ1v) is 6.26. The van der Waals surface area contributed by atoms with Crippen molar-refractivity contribution in [1.82, 2.24) is 0 Å². The molecule has 0 aliphatic rings. The van der Waals surface area contributed by atoms with Crippen molar-refractivity contribution in [2.45, 2.75) is 6.92 Å². The smallest absolute Gasteiger partial charge is 0.262 e. The Hall–Kier alpha value is -2.00. The van der Waals surface area contributed by atoms with E-state index in [9.17, 15) is 4.79 Å². The fourth-order valence-electron chi connectivity index (χ4n) is 1.54. The second kappa shape index (κ2) is 6.25. The Bertz CT molecular complexity index is 567. The van der Waals surface area contributed by atoms with Gasteiger partial charge in [-0.25, -0.2) is 0 Å². The number of hydrogen-bond acceptors (Lipinski definition) is 2. The monoisotopic (exact) mass is 275 g/mol. The zero-order chi connectivity index (χ0) is 13.7. The second-order valence-corrected chi connectivity index (χ2v) is 4.60. The number of ether oxygens (including phenoxy) is 1. The molecular formula is C15H14ClNO2. The summed E-state index contributed by atoms with van der Waals surface area (Å²) < 4.78 is 5.35. The molecule has 0 aromatic heterocycles. The van der Waals surface area contributed by atoms with Crippen molar-refractivity contribution in [2.24, 2.45) is 0 Å². The van der Waals surface area contributed by atoms with Gasteiger partial charge in [0.15, 0.2) is 6.61 Å². The molecule has 0 fully saturated rings. The van der Waals surface area contributed by atoms with Crippen LogP contribution in [0.4, 0.5) is 5.69 Å². The van der Waals surface area contributed by atoms with E-state index in [4.69, 9.17) is 16.3 Å². The third-order valence-electron chi connectivity index (χ3n) is 2.50. The first-order chi connectivity index (χ1) is 9.13. The van der Waals surface area contributed by atoms with Crippen LogP contribution in [0.3, 0.4) is 0 Å². The molecule has 1 N–H and O–H groups in total. The Kier molecular flexibility index (Phi) is 4.42. The minimum atomic E-state index is -0.205. The Balaban J connectivity index is 1.86.